The predicted molar refractivity (Wildman–Crippen MR) is 93.7 cm³/mol. The highest BCUT2D eigenvalue weighted by atomic mass is 79.9. The molecule has 3 aromatic heterocycles. The molecule has 0 saturated carbocycles. The number of benzene rings is 1. The first kappa shape index (κ1) is 14.8. The Bertz CT molecular complexity index is 1050. The van der Waals surface area contributed by atoms with Gasteiger partial charge in [-0.3, -0.25) is 9.36 Å². The summed E-state index contributed by atoms with van der Waals surface area (Å²) in [4.78, 5) is 21.0. The monoisotopic (exact) mass is 381 g/mol. The molecule has 0 fully saturated rings. The molecule has 0 aliphatic heterocycles. The summed E-state index contributed by atoms with van der Waals surface area (Å²) in [5.74, 6) is 1.12. The second kappa shape index (κ2) is 5.68. The number of carbonyl (C=O) groups is 1. The third-order valence-electron chi connectivity index (χ3n) is 3.72. The molecule has 0 saturated heterocycles. The second-order valence-electron chi connectivity index (χ2n) is 5.30. The Morgan fingerprint density at radius 1 is 1.21 bits per heavy atom. The first-order valence-electron chi connectivity index (χ1n) is 7.28. The molecule has 1 aromatic carbocycles. The van der Waals surface area contributed by atoms with Gasteiger partial charge in [0.25, 0.3) is 0 Å². The van der Waals surface area contributed by atoms with Crippen LogP contribution in [0.25, 0.3) is 22.7 Å². The maximum atomic E-state index is 11.9. The van der Waals surface area contributed by atoms with Crippen molar-refractivity contribution in [1.82, 2.24) is 24.3 Å². The number of carbonyl (C=O) groups excluding carboxylic acids is 1. The van der Waals surface area contributed by atoms with Crippen LogP contribution in [0, 0.1) is 0 Å². The first-order chi connectivity index (χ1) is 11.6. The van der Waals surface area contributed by atoms with E-state index in [0.29, 0.717) is 17.2 Å². The largest absolute Gasteiger partial charge is 0.294 e. The molecule has 0 unspecified atom stereocenters. The summed E-state index contributed by atoms with van der Waals surface area (Å²) in [6, 6.07) is 11.3. The molecular weight excluding hydrogens is 370 g/mol. The predicted octanol–water partition coefficient (Wildman–Crippen LogP) is 3.57. The number of hydrogen-bond donors (Lipinski definition) is 0. The highest BCUT2D eigenvalue weighted by Gasteiger charge is 2.14. The van der Waals surface area contributed by atoms with Gasteiger partial charge in [0.15, 0.2) is 11.6 Å². The Balaban J connectivity index is 1.92. The molecule has 0 atom stereocenters. The molecule has 0 aliphatic rings. The summed E-state index contributed by atoms with van der Waals surface area (Å²) in [6.45, 7) is 1.52. The van der Waals surface area contributed by atoms with Crippen molar-refractivity contribution >= 4 is 32.7 Å². The zero-order chi connectivity index (χ0) is 16.7. The Labute approximate surface area is 145 Å². The number of ketones is 1. The quantitative estimate of drug-likeness (QED) is 0.508. The SMILES string of the molecule is CC(=O)c1ccc(-n2cnc3cc(Br)ccc32)nc1-n1cccn1. The molecule has 4 rings (SSSR count). The highest BCUT2D eigenvalue weighted by Crippen LogP contribution is 2.22. The number of halogens is 1. The van der Waals surface area contributed by atoms with Gasteiger partial charge in [-0.2, -0.15) is 5.10 Å². The summed E-state index contributed by atoms with van der Waals surface area (Å²) in [6.07, 6.45) is 5.14. The average molecular weight is 382 g/mol. The molecule has 4 aromatic rings. The van der Waals surface area contributed by atoms with Gasteiger partial charge in [0.1, 0.15) is 12.1 Å². The molecule has 7 heteroatoms. The van der Waals surface area contributed by atoms with Gasteiger partial charge in [-0.25, -0.2) is 14.6 Å². The van der Waals surface area contributed by atoms with Crippen molar-refractivity contribution in [3.63, 3.8) is 0 Å². The summed E-state index contributed by atoms with van der Waals surface area (Å²) < 4.78 is 4.45. The van der Waals surface area contributed by atoms with Gasteiger partial charge in [0.05, 0.1) is 16.6 Å². The smallest absolute Gasteiger partial charge is 0.166 e. The van der Waals surface area contributed by atoms with Crippen molar-refractivity contribution in [2.45, 2.75) is 6.92 Å². The van der Waals surface area contributed by atoms with Crippen LogP contribution in [-0.2, 0) is 0 Å². The number of imidazole rings is 1. The van der Waals surface area contributed by atoms with Gasteiger partial charge in [0.2, 0.25) is 0 Å². The topological polar surface area (TPSA) is 65.6 Å². The number of pyridine rings is 1. The maximum Gasteiger partial charge on any atom is 0.166 e. The summed E-state index contributed by atoms with van der Waals surface area (Å²) >= 11 is 3.45. The number of aromatic nitrogens is 5. The third-order valence-corrected chi connectivity index (χ3v) is 4.21. The van der Waals surface area contributed by atoms with Crippen molar-refractivity contribution in [2.24, 2.45) is 0 Å². The maximum absolute atomic E-state index is 11.9. The fraction of sp³-hybridized carbons (Fsp3) is 0.0588. The second-order valence-corrected chi connectivity index (χ2v) is 6.21. The van der Waals surface area contributed by atoms with Gasteiger partial charge in [-0.1, -0.05) is 15.9 Å². The molecule has 3 heterocycles. The van der Waals surface area contributed by atoms with Crippen LogP contribution in [-0.4, -0.2) is 30.1 Å². The fourth-order valence-electron chi connectivity index (χ4n) is 2.58. The molecule has 24 heavy (non-hydrogen) atoms. The Morgan fingerprint density at radius 3 is 2.83 bits per heavy atom. The van der Waals surface area contributed by atoms with E-state index < -0.39 is 0 Å². The molecule has 0 N–H and O–H groups in total. The first-order valence-corrected chi connectivity index (χ1v) is 8.08. The number of rotatable bonds is 3. The van der Waals surface area contributed by atoms with E-state index >= 15 is 0 Å². The fourth-order valence-corrected chi connectivity index (χ4v) is 2.93. The molecular formula is C17H12BrN5O. The Kier molecular flexibility index (Phi) is 3.50. The van der Waals surface area contributed by atoms with Crippen molar-refractivity contribution < 1.29 is 4.79 Å². The average Bonchev–Trinajstić information content (AvgIpc) is 3.23. The highest BCUT2D eigenvalue weighted by molar-refractivity contribution is 9.10. The van der Waals surface area contributed by atoms with E-state index in [-0.39, 0.29) is 5.78 Å². The van der Waals surface area contributed by atoms with Gasteiger partial charge < -0.3 is 0 Å². The van der Waals surface area contributed by atoms with Crippen molar-refractivity contribution in [2.75, 3.05) is 0 Å². The van der Waals surface area contributed by atoms with Crippen molar-refractivity contribution in [3.05, 3.63) is 65.2 Å². The minimum Gasteiger partial charge on any atom is -0.294 e. The van der Waals surface area contributed by atoms with E-state index in [4.69, 9.17) is 0 Å². The number of nitrogens with zero attached hydrogens (tertiary/aromatic N) is 5. The normalized spacial score (nSPS) is 11.1. The van der Waals surface area contributed by atoms with Crippen LogP contribution in [0.1, 0.15) is 17.3 Å². The van der Waals surface area contributed by atoms with Crippen molar-refractivity contribution in [1.29, 1.82) is 0 Å². The molecule has 0 aliphatic carbocycles. The van der Waals surface area contributed by atoms with E-state index in [2.05, 4.69) is 31.0 Å². The van der Waals surface area contributed by atoms with E-state index in [0.717, 1.165) is 15.5 Å². The van der Waals surface area contributed by atoms with Crippen LogP contribution in [0.3, 0.4) is 0 Å². The lowest BCUT2D eigenvalue weighted by molar-refractivity contribution is 0.101. The molecule has 0 spiro atoms. The summed E-state index contributed by atoms with van der Waals surface area (Å²) in [7, 11) is 0. The van der Waals surface area contributed by atoms with Crippen LogP contribution in [0.5, 0.6) is 0 Å². The van der Waals surface area contributed by atoms with Gasteiger partial charge >= 0.3 is 0 Å². The number of hydrogen-bond acceptors (Lipinski definition) is 4. The van der Waals surface area contributed by atoms with Crippen LogP contribution in [0.2, 0.25) is 0 Å². The molecule has 0 amide bonds. The number of fused-ring (bicyclic) bond motifs is 1. The van der Waals surface area contributed by atoms with Crippen molar-refractivity contribution in [3.8, 4) is 11.6 Å². The Morgan fingerprint density at radius 2 is 2.08 bits per heavy atom. The van der Waals surface area contributed by atoms with Crippen LogP contribution in [0.4, 0.5) is 0 Å². The van der Waals surface area contributed by atoms with E-state index in [1.807, 2.05) is 28.8 Å². The summed E-state index contributed by atoms with van der Waals surface area (Å²) in [5.41, 5.74) is 2.32. The van der Waals surface area contributed by atoms with Gasteiger partial charge in [0, 0.05) is 16.9 Å². The van der Waals surface area contributed by atoms with Crippen LogP contribution < -0.4 is 0 Å². The minimum absolute atomic E-state index is 0.0565. The van der Waals surface area contributed by atoms with E-state index in [9.17, 15) is 4.79 Å². The lowest BCUT2D eigenvalue weighted by atomic mass is 10.2. The standard InChI is InChI=1S/C17H12BrN5O/c1-11(24)13-4-6-16(21-17(13)23-8-2-7-20-23)22-10-19-14-9-12(18)3-5-15(14)22/h2-10H,1H3. The Hall–Kier alpha value is -2.80. The van der Waals surface area contributed by atoms with E-state index in [1.54, 1.807) is 35.5 Å². The zero-order valence-electron chi connectivity index (χ0n) is 12.7. The lowest BCUT2D eigenvalue weighted by Crippen LogP contribution is -2.09. The van der Waals surface area contributed by atoms with Gasteiger partial charge in [-0.15, -0.1) is 0 Å². The lowest BCUT2D eigenvalue weighted by Gasteiger charge is -2.10. The van der Waals surface area contributed by atoms with Crippen LogP contribution >= 0.6 is 15.9 Å². The van der Waals surface area contributed by atoms with Gasteiger partial charge in [-0.05, 0) is 43.3 Å². The number of Topliss-reactive ketones (excluding diaryl/α,β-unsaturated/α-hetero) is 1. The zero-order valence-corrected chi connectivity index (χ0v) is 14.3. The molecule has 6 nitrogen and oxygen atoms in total. The molecule has 118 valence electrons. The third kappa shape index (κ3) is 2.43. The van der Waals surface area contributed by atoms with Crippen LogP contribution in [0.15, 0.2) is 59.6 Å². The minimum atomic E-state index is -0.0565. The molecule has 0 bridgehead atoms. The summed E-state index contributed by atoms with van der Waals surface area (Å²) in [5, 5.41) is 4.20. The molecule has 0 radical (unpaired) electrons. The van der Waals surface area contributed by atoms with E-state index in [1.165, 1.54) is 6.92 Å².